The molecule has 21 heavy (non-hydrogen) atoms. The first-order valence-electron chi connectivity index (χ1n) is 7.66. The van der Waals surface area contributed by atoms with Gasteiger partial charge in [-0.1, -0.05) is 5.16 Å². The molecular weight excluding hydrogens is 268 g/mol. The third-order valence-corrected chi connectivity index (χ3v) is 5.75. The predicted octanol–water partition coefficient (Wildman–Crippen LogP) is 1.60. The standard InChI is InChI=1S/C15H18N4O2/c1-19-9-16-7-11(19)5-12-17-13(21-18-12)15-6-10(15)8-20-14(15)3-2-4-14/h7,9-10H,2-6,8H2,1H3/t10-,15-/m0/s1. The lowest BCUT2D eigenvalue weighted by molar-refractivity contribution is -0.0960. The van der Waals surface area contributed by atoms with E-state index in [2.05, 4.69) is 10.1 Å². The van der Waals surface area contributed by atoms with Gasteiger partial charge in [0.25, 0.3) is 0 Å². The maximum absolute atomic E-state index is 6.09. The molecule has 1 saturated heterocycles. The fourth-order valence-corrected chi connectivity index (χ4v) is 4.25. The van der Waals surface area contributed by atoms with Gasteiger partial charge in [0, 0.05) is 24.9 Å². The minimum absolute atomic E-state index is 0.00794. The zero-order chi connectivity index (χ0) is 14.1. The summed E-state index contributed by atoms with van der Waals surface area (Å²) in [6.07, 6.45) is 8.99. The second-order valence-corrected chi connectivity index (χ2v) is 6.72. The topological polar surface area (TPSA) is 66.0 Å². The Morgan fingerprint density at radius 2 is 2.33 bits per heavy atom. The molecule has 0 bridgehead atoms. The van der Waals surface area contributed by atoms with Gasteiger partial charge in [-0.05, 0) is 25.7 Å². The van der Waals surface area contributed by atoms with Gasteiger partial charge in [-0.25, -0.2) is 4.98 Å². The summed E-state index contributed by atoms with van der Waals surface area (Å²) >= 11 is 0. The van der Waals surface area contributed by atoms with E-state index in [-0.39, 0.29) is 11.0 Å². The predicted molar refractivity (Wildman–Crippen MR) is 72.6 cm³/mol. The highest BCUT2D eigenvalue weighted by Gasteiger charge is 2.77. The van der Waals surface area contributed by atoms with Crippen molar-refractivity contribution in [3.05, 3.63) is 29.9 Å². The van der Waals surface area contributed by atoms with Crippen molar-refractivity contribution in [3.63, 3.8) is 0 Å². The number of ether oxygens (including phenoxy) is 1. The van der Waals surface area contributed by atoms with Crippen LogP contribution in [0.25, 0.3) is 0 Å². The zero-order valence-corrected chi connectivity index (χ0v) is 12.1. The van der Waals surface area contributed by atoms with E-state index in [0.29, 0.717) is 12.3 Å². The Hall–Kier alpha value is -1.69. The molecule has 0 aromatic carbocycles. The summed E-state index contributed by atoms with van der Waals surface area (Å²) in [7, 11) is 1.98. The number of hydrogen-bond acceptors (Lipinski definition) is 5. The van der Waals surface area contributed by atoms with Crippen LogP contribution in [0.3, 0.4) is 0 Å². The highest BCUT2D eigenvalue weighted by atomic mass is 16.5. The molecule has 0 radical (unpaired) electrons. The van der Waals surface area contributed by atoms with Crippen molar-refractivity contribution in [3.8, 4) is 0 Å². The van der Waals surface area contributed by atoms with Gasteiger partial charge < -0.3 is 13.8 Å². The van der Waals surface area contributed by atoms with Crippen LogP contribution in [0.2, 0.25) is 0 Å². The van der Waals surface area contributed by atoms with Crippen molar-refractivity contribution in [1.29, 1.82) is 0 Å². The van der Waals surface area contributed by atoms with Crippen molar-refractivity contribution in [1.82, 2.24) is 19.7 Å². The number of aryl methyl sites for hydroxylation is 1. The van der Waals surface area contributed by atoms with Crippen molar-refractivity contribution in [2.24, 2.45) is 13.0 Å². The number of rotatable bonds is 3. The summed E-state index contributed by atoms with van der Waals surface area (Å²) < 4.78 is 13.7. The van der Waals surface area contributed by atoms with E-state index >= 15 is 0 Å². The molecule has 0 N–H and O–H groups in total. The van der Waals surface area contributed by atoms with Gasteiger partial charge in [0.15, 0.2) is 5.82 Å². The van der Waals surface area contributed by atoms with E-state index in [9.17, 15) is 0 Å². The van der Waals surface area contributed by atoms with Crippen LogP contribution >= 0.6 is 0 Å². The first kappa shape index (κ1) is 11.9. The maximum atomic E-state index is 6.09. The number of fused-ring (bicyclic) bond motifs is 2. The fourth-order valence-electron chi connectivity index (χ4n) is 4.25. The SMILES string of the molecule is Cn1cncc1Cc1noc([C@]23C[C@H]2COC32CCC2)n1. The van der Waals surface area contributed by atoms with Crippen LogP contribution in [0.5, 0.6) is 0 Å². The number of nitrogens with zero attached hydrogens (tertiary/aromatic N) is 4. The minimum atomic E-state index is 0.00794. The van der Waals surface area contributed by atoms with Crippen LogP contribution in [0.1, 0.15) is 43.1 Å². The van der Waals surface area contributed by atoms with Crippen molar-refractivity contribution >= 4 is 0 Å². The largest absolute Gasteiger partial charge is 0.374 e. The van der Waals surface area contributed by atoms with Crippen LogP contribution in [0, 0.1) is 5.92 Å². The summed E-state index contributed by atoms with van der Waals surface area (Å²) in [5.41, 5.74) is 1.13. The molecule has 1 aliphatic heterocycles. The van der Waals surface area contributed by atoms with E-state index in [1.54, 1.807) is 6.33 Å². The Kier molecular flexibility index (Phi) is 2.12. The third kappa shape index (κ3) is 1.38. The average Bonchev–Trinajstić information content (AvgIpc) is 2.83. The second-order valence-electron chi connectivity index (χ2n) is 6.72. The number of imidazole rings is 1. The van der Waals surface area contributed by atoms with Gasteiger partial charge in [0.2, 0.25) is 5.89 Å². The quantitative estimate of drug-likeness (QED) is 0.857. The zero-order valence-electron chi connectivity index (χ0n) is 12.1. The number of hydrogen-bond donors (Lipinski definition) is 0. The molecule has 0 unspecified atom stereocenters. The molecule has 2 aromatic heterocycles. The fraction of sp³-hybridized carbons (Fsp3) is 0.667. The van der Waals surface area contributed by atoms with Gasteiger partial charge in [-0.15, -0.1) is 0 Å². The van der Waals surface area contributed by atoms with Crippen LogP contribution in [-0.2, 0) is 23.6 Å². The average molecular weight is 286 g/mol. The van der Waals surface area contributed by atoms with Crippen molar-refractivity contribution < 1.29 is 9.26 Å². The molecule has 3 heterocycles. The molecule has 3 aliphatic rings. The molecule has 5 rings (SSSR count). The molecule has 2 aliphatic carbocycles. The molecule has 6 nitrogen and oxygen atoms in total. The van der Waals surface area contributed by atoms with E-state index in [0.717, 1.165) is 43.3 Å². The van der Waals surface area contributed by atoms with Crippen molar-refractivity contribution in [2.75, 3.05) is 6.61 Å². The normalized spacial score (nSPS) is 32.1. The Morgan fingerprint density at radius 3 is 3.00 bits per heavy atom. The summed E-state index contributed by atoms with van der Waals surface area (Å²) in [5.74, 6) is 2.14. The van der Waals surface area contributed by atoms with Gasteiger partial charge in [0.05, 0.1) is 30.4 Å². The molecule has 0 amide bonds. The molecule has 1 spiro atoms. The first-order chi connectivity index (χ1) is 10.2. The van der Waals surface area contributed by atoms with E-state index in [1.165, 1.54) is 6.42 Å². The summed E-state index contributed by atoms with van der Waals surface area (Å²) in [4.78, 5) is 8.83. The minimum Gasteiger partial charge on any atom is -0.374 e. The molecule has 2 aromatic rings. The summed E-state index contributed by atoms with van der Waals surface area (Å²) in [6.45, 7) is 0.861. The lowest BCUT2D eigenvalue weighted by atomic mass is 9.68. The van der Waals surface area contributed by atoms with Crippen LogP contribution in [0.4, 0.5) is 0 Å². The molecule has 2 saturated carbocycles. The van der Waals surface area contributed by atoms with Crippen LogP contribution in [-0.4, -0.2) is 31.9 Å². The summed E-state index contributed by atoms with van der Waals surface area (Å²) in [6, 6.07) is 0. The Bertz CT molecular complexity index is 702. The molecule has 3 fully saturated rings. The van der Waals surface area contributed by atoms with E-state index < -0.39 is 0 Å². The van der Waals surface area contributed by atoms with Gasteiger partial charge in [-0.3, -0.25) is 0 Å². The Morgan fingerprint density at radius 1 is 1.43 bits per heavy atom. The first-order valence-corrected chi connectivity index (χ1v) is 7.66. The van der Waals surface area contributed by atoms with Gasteiger partial charge in [0.1, 0.15) is 0 Å². The molecule has 110 valence electrons. The van der Waals surface area contributed by atoms with E-state index in [1.807, 2.05) is 17.8 Å². The highest BCUT2D eigenvalue weighted by molar-refractivity contribution is 5.34. The van der Waals surface area contributed by atoms with Crippen LogP contribution < -0.4 is 0 Å². The van der Waals surface area contributed by atoms with Crippen LogP contribution in [0.15, 0.2) is 17.0 Å². The lowest BCUT2D eigenvalue weighted by Crippen LogP contribution is -2.48. The Balaban J connectivity index is 1.45. The molecule has 6 heteroatoms. The Labute approximate surface area is 122 Å². The molecular formula is C15H18N4O2. The number of aromatic nitrogens is 4. The third-order valence-electron chi connectivity index (χ3n) is 5.75. The van der Waals surface area contributed by atoms with E-state index in [4.69, 9.17) is 14.2 Å². The highest BCUT2D eigenvalue weighted by Crippen LogP contribution is 2.71. The monoisotopic (exact) mass is 286 g/mol. The van der Waals surface area contributed by atoms with Gasteiger partial charge in [-0.2, -0.15) is 4.98 Å². The van der Waals surface area contributed by atoms with Crippen molar-refractivity contribution in [2.45, 2.75) is 43.1 Å². The lowest BCUT2D eigenvalue weighted by Gasteiger charge is -2.43. The smallest absolute Gasteiger partial charge is 0.236 e. The maximum Gasteiger partial charge on any atom is 0.236 e. The second kappa shape index (κ2) is 3.74. The summed E-state index contributed by atoms with van der Waals surface area (Å²) in [5, 5.41) is 4.19. The molecule has 2 atom stereocenters. The van der Waals surface area contributed by atoms with Gasteiger partial charge >= 0.3 is 0 Å².